The van der Waals surface area contributed by atoms with Crippen LogP contribution in [0, 0.1) is 0 Å². The summed E-state index contributed by atoms with van der Waals surface area (Å²) in [4.78, 5) is 27.8. The number of alkyl halides is 2. The molecule has 24 heavy (non-hydrogen) atoms. The first-order valence-electron chi connectivity index (χ1n) is 8.86. The third-order valence-electron chi connectivity index (χ3n) is 5.01. The molecule has 2 N–H and O–H groups in total. The number of carbonyl (C=O) groups is 2. The van der Waals surface area contributed by atoms with E-state index in [-0.39, 0.29) is 30.8 Å². The normalized spacial score (nSPS) is 25.3. The highest BCUT2D eigenvalue weighted by molar-refractivity contribution is 5.78. The van der Waals surface area contributed by atoms with E-state index in [0.29, 0.717) is 51.6 Å². The van der Waals surface area contributed by atoms with Crippen molar-refractivity contribution in [2.24, 2.45) is 0 Å². The SMILES string of the molecule is O=C(CN1CCN(C(=O)NC2CCC(F)(F)CC2)CC1)NC1CC1. The quantitative estimate of drug-likeness (QED) is 0.805. The van der Waals surface area contributed by atoms with Crippen molar-refractivity contribution in [3.8, 4) is 0 Å². The van der Waals surface area contributed by atoms with Crippen LogP contribution < -0.4 is 10.6 Å². The molecule has 2 saturated carbocycles. The number of nitrogens with zero attached hydrogens (tertiary/aromatic N) is 2. The average molecular weight is 344 g/mol. The minimum atomic E-state index is -2.58. The Morgan fingerprint density at radius 3 is 2.08 bits per heavy atom. The van der Waals surface area contributed by atoms with Crippen LogP contribution >= 0.6 is 0 Å². The Morgan fingerprint density at radius 2 is 1.50 bits per heavy atom. The summed E-state index contributed by atoms with van der Waals surface area (Å²) in [6.45, 7) is 2.82. The van der Waals surface area contributed by atoms with E-state index in [0.717, 1.165) is 12.8 Å². The molecule has 0 aromatic heterocycles. The number of rotatable bonds is 4. The van der Waals surface area contributed by atoms with Crippen molar-refractivity contribution >= 4 is 11.9 Å². The molecule has 0 unspecified atom stereocenters. The Labute approximate surface area is 140 Å². The first kappa shape index (κ1) is 17.4. The molecule has 0 bridgehead atoms. The van der Waals surface area contributed by atoms with E-state index in [1.165, 1.54) is 0 Å². The highest BCUT2D eigenvalue weighted by atomic mass is 19.3. The maximum atomic E-state index is 13.1. The lowest BCUT2D eigenvalue weighted by molar-refractivity contribution is -0.122. The van der Waals surface area contributed by atoms with Crippen LogP contribution in [0.2, 0.25) is 0 Å². The van der Waals surface area contributed by atoms with Gasteiger partial charge in [0.15, 0.2) is 0 Å². The van der Waals surface area contributed by atoms with Crippen LogP contribution in [-0.2, 0) is 4.79 Å². The van der Waals surface area contributed by atoms with Gasteiger partial charge >= 0.3 is 6.03 Å². The van der Waals surface area contributed by atoms with Crippen molar-refractivity contribution in [1.82, 2.24) is 20.4 Å². The summed E-state index contributed by atoms with van der Waals surface area (Å²) in [6.07, 6.45) is 2.52. The molecule has 136 valence electrons. The van der Waals surface area contributed by atoms with Crippen LogP contribution in [0.5, 0.6) is 0 Å². The Balaban J connectivity index is 1.35. The fourth-order valence-corrected chi connectivity index (χ4v) is 3.26. The molecule has 0 spiro atoms. The number of urea groups is 1. The molecule has 6 nitrogen and oxygen atoms in total. The Kier molecular flexibility index (Phi) is 5.22. The molecule has 1 heterocycles. The van der Waals surface area contributed by atoms with Gasteiger partial charge in [-0.1, -0.05) is 0 Å². The van der Waals surface area contributed by atoms with Crippen LogP contribution in [0.1, 0.15) is 38.5 Å². The molecule has 2 aliphatic carbocycles. The lowest BCUT2D eigenvalue weighted by Crippen LogP contribution is -2.55. The van der Waals surface area contributed by atoms with Crippen LogP contribution in [-0.4, -0.2) is 72.5 Å². The molecule has 8 heteroatoms. The van der Waals surface area contributed by atoms with Gasteiger partial charge < -0.3 is 15.5 Å². The monoisotopic (exact) mass is 344 g/mol. The van der Waals surface area contributed by atoms with E-state index in [1.54, 1.807) is 4.90 Å². The molecular formula is C16H26F2N4O2. The van der Waals surface area contributed by atoms with Gasteiger partial charge in [-0.25, -0.2) is 13.6 Å². The van der Waals surface area contributed by atoms with Crippen molar-refractivity contribution in [1.29, 1.82) is 0 Å². The minimum Gasteiger partial charge on any atom is -0.352 e. The van der Waals surface area contributed by atoms with E-state index in [2.05, 4.69) is 10.6 Å². The van der Waals surface area contributed by atoms with Crippen LogP contribution in [0.25, 0.3) is 0 Å². The van der Waals surface area contributed by atoms with Crippen molar-refractivity contribution in [2.45, 2.75) is 56.5 Å². The van der Waals surface area contributed by atoms with Crippen molar-refractivity contribution in [2.75, 3.05) is 32.7 Å². The van der Waals surface area contributed by atoms with E-state index < -0.39 is 5.92 Å². The van der Waals surface area contributed by atoms with Gasteiger partial charge in [0.2, 0.25) is 11.8 Å². The number of nitrogens with one attached hydrogen (secondary N) is 2. The fourth-order valence-electron chi connectivity index (χ4n) is 3.26. The Hall–Kier alpha value is -1.44. The largest absolute Gasteiger partial charge is 0.352 e. The predicted molar refractivity (Wildman–Crippen MR) is 84.9 cm³/mol. The van der Waals surface area contributed by atoms with Gasteiger partial charge in [0.25, 0.3) is 0 Å². The smallest absolute Gasteiger partial charge is 0.317 e. The zero-order valence-electron chi connectivity index (χ0n) is 13.9. The van der Waals surface area contributed by atoms with Crippen LogP contribution in [0.15, 0.2) is 0 Å². The van der Waals surface area contributed by atoms with Gasteiger partial charge in [0.1, 0.15) is 0 Å². The summed E-state index contributed by atoms with van der Waals surface area (Å²) in [5.74, 6) is -2.52. The standard InChI is InChI=1S/C16H26F2N4O2/c17-16(18)5-3-13(4-6-16)20-15(24)22-9-7-21(8-10-22)11-14(23)19-12-1-2-12/h12-13H,1-11H2,(H,19,23)(H,20,24). The topological polar surface area (TPSA) is 64.7 Å². The lowest BCUT2D eigenvalue weighted by Gasteiger charge is -2.36. The lowest BCUT2D eigenvalue weighted by atomic mass is 9.92. The highest BCUT2D eigenvalue weighted by Gasteiger charge is 2.36. The maximum Gasteiger partial charge on any atom is 0.317 e. The van der Waals surface area contributed by atoms with Gasteiger partial charge in [-0.15, -0.1) is 0 Å². The second-order valence-corrected chi connectivity index (χ2v) is 7.18. The summed E-state index contributed by atoms with van der Waals surface area (Å²) < 4.78 is 26.3. The van der Waals surface area contributed by atoms with Crippen LogP contribution in [0.3, 0.4) is 0 Å². The average Bonchev–Trinajstić information content (AvgIpc) is 3.34. The zero-order valence-corrected chi connectivity index (χ0v) is 13.9. The van der Waals surface area contributed by atoms with E-state index in [1.807, 2.05) is 4.90 Å². The molecule has 0 atom stereocenters. The number of carbonyl (C=O) groups excluding carboxylic acids is 2. The fraction of sp³-hybridized carbons (Fsp3) is 0.875. The molecule has 3 rings (SSSR count). The minimum absolute atomic E-state index is 0.0542. The molecule has 1 aliphatic heterocycles. The predicted octanol–water partition coefficient (Wildman–Crippen LogP) is 1.17. The van der Waals surface area contributed by atoms with Gasteiger partial charge in [-0.3, -0.25) is 9.69 Å². The molecule has 3 amide bonds. The summed E-state index contributed by atoms with van der Waals surface area (Å²) >= 11 is 0. The van der Waals surface area contributed by atoms with Gasteiger partial charge in [0, 0.05) is 51.1 Å². The van der Waals surface area contributed by atoms with Crippen molar-refractivity contribution < 1.29 is 18.4 Å². The summed E-state index contributed by atoms with van der Waals surface area (Å²) in [5, 5.41) is 5.83. The Bertz CT molecular complexity index is 467. The maximum absolute atomic E-state index is 13.1. The van der Waals surface area contributed by atoms with Crippen LogP contribution in [0.4, 0.5) is 13.6 Å². The third-order valence-corrected chi connectivity index (χ3v) is 5.01. The molecule has 0 aromatic carbocycles. The van der Waals surface area contributed by atoms with Gasteiger partial charge in [-0.2, -0.15) is 0 Å². The van der Waals surface area contributed by atoms with Gasteiger partial charge in [-0.05, 0) is 25.7 Å². The number of hydrogen-bond acceptors (Lipinski definition) is 3. The number of amides is 3. The number of hydrogen-bond donors (Lipinski definition) is 2. The third kappa shape index (κ3) is 5.03. The first-order valence-corrected chi connectivity index (χ1v) is 8.86. The summed E-state index contributed by atoms with van der Waals surface area (Å²) in [7, 11) is 0. The van der Waals surface area contributed by atoms with E-state index in [4.69, 9.17) is 0 Å². The number of piperazine rings is 1. The van der Waals surface area contributed by atoms with Gasteiger partial charge in [0.05, 0.1) is 6.54 Å². The zero-order chi connectivity index (χ0) is 17.2. The summed E-state index contributed by atoms with van der Waals surface area (Å²) in [6, 6.07) is 0.0409. The molecule has 0 radical (unpaired) electrons. The number of halogens is 2. The van der Waals surface area contributed by atoms with E-state index >= 15 is 0 Å². The second-order valence-electron chi connectivity index (χ2n) is 7.18. The van der Waals surface area contributed by atoms with Crippen molar-refractivity contribution in [3.63, 3.8) is 0 Å². The molecular weight excluding hydrogens is 318 g/mol. The first-order chi connectivity index (χ1) is 11.4. The van der Waals surface area contributed by atoms with E-state index in [9.17, 15) is 18.4 Å². The van der Waals surface area contributed by atoms with Crippen molar-refractivity contribution in [3.05, 3.63) is 0 Å². The summed E-state index contributed by atoms with van der Waals surface area (Å²) in [5.41, 5.74) is 0. The highest BCUT2D eigenvalue weighted by Crippen LogP contribution is 2.33. The molecule has 3 aliphatic rings. The Morgan fingerprint density at radius 1 is 0.917 bits per heavy atom. The molecule has 3 fully saturated rings. The molecule has 0 aromatic rings. The molecule has 1 saturated heterocycles. The second kappa shape index (κ2) is 7.21.